The van der Waals surface area contributed by atoms with Crippen molar-refractivity contribution in [2.24, 2.45) is 11.7 Å². The quantitative estimate of drug-likeness (QED) is 0.0669. The molecule has 1 aliphatic heterocycles. The van der Waals surface area contributed by atoms with Crippen LogP contribution in [0.5, 0.6) is 0 Å². The van der Waals surface area contributed by atoms with E-state index < -0.39 is 65.2 Å². The standard InChI is InChI=1S/C41H53N9O7/c1-4-19-43-40(56)44-20-11-10-16-31(35(51)36(42)52)46-38(54)33-23-30(50-34(24-45-48-50)41(2,3)57)25-49(33)39(55)32(21-26-12-6-5-7-13-26)47-37(53)29-18-17-27-14-8-9-15-28(27)22-29/h1,8-9,14-15,17-18,22,24,26,30-33,57H,5-7,10-13,16,19-21,23,25H2,2-3H3,(H2,42,52)(H,46,54)(H,47,53)(H2,43,44,56)/t30-,31?,32+,33-/m0/s1. The van der Waals surface area contributed by atoms with Crippen LogP contribution in [0.1, 0.15) is 100 Å². The zero-order valence-electron chi connectivity index (χ0n) is 32.5. The fourth-order valence-corrected chi connectivity index (χ4v) is 7.76. The van der Waals surface area contributed by atoms with Gasteiger partial charge >= 0.3 is 6.03 Å². The van der Waals surface area contributed by atoms with E-state index in [1.807, 2.05) is 30.3 Å². The molecule has 3 aromatic rings. The van der Waals surface area contributed by atoms with Gasteiger partial charge in [-0.1, -0.05) is 73.6 Å². The summed E-state index contributed by atoms with van der Waals surface area (Å²) in [6.45, 7) is 3.43. The van der Waals surface area contributed by atoms with E-state index in [0.29, 0.717) is 30.5 Å². The first kappa shape index (κ1) is 42.3. The maximum atomic E-state index is 14.8. The van der Waals surface area contributed by atoms with Gasteiger partial charge in [-0.3, -0.25) is 24.0 Å². The van der Waals surface area contributed by atoms with E-state index in [-0.39, 0.29) is 38.4 Å². The van der Waals surface area contributed by atoms with Crippen LogP contribution in [0.3, 0.4) is 0 Å². The molecule has 0 bridgehead atoms. The lowest BCUT2D eigenvalue weighted by molar-refractivity contribution is -0.142. The molecule has 16 nitrogen and oxygen atoms in total. The Labute approximate surface area is 332 Å². The van der Waals surface area contributed by atoms with Gasteiger partial charge in [-0.15, -0.1) is 11.5 Å². The zero-order valence-corrected chi connectivity index (χ0v) is 32.5. The van der Waals surface area contributed by atoms with Gasteiger partial charge in [-0.25, -0.2) is 9.48 Å². The van der Waals surface area contributed by atoms with Crippen LogP contribution in [0.2, 0.25) is 0 Å². The number of rotatable bonds is 17. The Morgan fingerprint density at radius 3 is 2.42 bits per heavy atom. The summed E-state index contributed by atoms with van der Waals surface area (Å²) in [6, 6.07) is 8.48. The van der Waals surface area contributed by atoms with Gasteiger partial charge in [-0.05, 0) is 68.4 Å². The van der Waals surface area contributed by atoms with Crippen molar-refractivity contribution in [3.05, 3.63) is 59.9 Å². The number of likely N-dealkylation sites (tertiary alicyclic amines) is 1. The Balaban J connectivity index is 1.40. The van der Waals surface area contributed by atoms with Crippen LogP contribution in [0.25, 0.3) is 10.8 Å². The third-order valence-electron chi connectivity index (χ3n) is 10.8. The molecule has 1 unspecified atom stereocenters. The van der Waals surface area contributed by atoms with Crippen LogP contribution in [-0.4, -0.2) is 98.2 Å². The third kappa shape index (κ3) is 11.2. The molecule has 304 valence electrons. The molecule has 7 N–H and O–H groups in total. The van der Waals surface area contributed by atoms with Crippen molar-refractivity contribution in [1.82, 2.24) is 41.2 Å². The molecule has 2 aromatic carbocycles. The monoisotopic (exact) mass is 783 g/mol. The number of terminal acetylenes is 1. The van der Waals surface area contributed by atoms with Crippen LogP contribution in [0.15, 0.2) is 48.7 Å². The molecule has 5 rings (SSSR count). The Kier molecular flexibility index (Phi) is 14.4. The summed E-state index contributed by atoms with van der Waals surface area (Å²) < 4.78 is 1.50. The predicted octanol–water partition coefficient (Wildman–Crippen LogP) is 2.21. The highest BCUT2D eigenvalue weighted by molar-refractivity contribution is 6.37. The van der Waals surface area contributed by atoms with E-state index in [1.54, 1.807) is 26.0 Å². The molecular formula is C41H53N9O7. The molecule has 1 aromatic heterocycles. The molecule has 16 heteroatoms. The van der Waals surface area contributed by atoms with Crippen molar-refractivity contribution < 1.29 is 33.9 Å². The highest BCUT2D eigenvalue weighted by Gasteiger charge is 2.45. The van der Waals surface area contributed by atoms with Crippen molar-refractivity contribution in [2.45, 2.75) is 108 Å². The number of unbranched alkanes of at least 4 members (excludes halogenated alkanes) is 1. The number of primary amides is 1. The van der Waals surface area contributed by atoms with Gasteiger partial charge in [-0.2, -0.15) is 0 Å². The van der Waals surface area contributed by atoms with Crippen molar-refractivity contribution in [3.8, 4) is 12.3 Å². The molecule has 57 heavy (non-hydrogen) atoms. The number of Topliss-reactive ketones (excluding diaryl/α,β-unsaturated/α-hetero) is 1. The number of ketones is 1. The molecular weight excluding hydrogens is 731 g/mol. The molecule has 2 heterocycles. The lowest BCUT2D eigenvalue weighted by Crippen LogP contribution is -2.56. The van der Waals surface area contributed by atoms with Crippen molar-refractivity contribution in [1.29, 1.82) is 0 Å². The van der Waals surface area contributed by atoms with E-state index in [9.17, 15) is 33.9 Å². The number of aliphatic hydroxyl groups is 1. The lowest BCUT2D eigenvalue weighted by atomic mass is 9.84. The number of fused-ring (bicyclic) bond motifs is 1. The zero-order chi connectivity index (χ0) is 41.1. The molecule has 1 saturated carbocycles. The average Bonchev–Trinajstić information content (AvgIpc) is 3.88. The fraction of sp³-hybridized carbons (Fsp3) is 0.512. The minimum absolute atomic E-state index is 0.0157. The highest BCUT2D eigenvalue weighted by atomic mass is 16.3. The smallest absolute Gasteiger partial charge is 0.315 e. The summed E-state index contributed by atoms with van der Waals surface area (Å²) in [4.78, 5) is 81.3. The number of amides is 6. The number of aromatic nitrogens is 3. The number of nitrogens with two attached hydrogens (primary N) is 1. The molecule has 1 aliphatic carbocycles. The van der Waals surface area contributed by atoms with E-state index in [0.717, 1.165) is 42.9 Å². The molecule has 0 spiro atoms. The molecule has 4 atom stereocenters. The minimum Gasteiger partial charge on any atom is -0.384 e. The molecule has 0 radical (unpaired) electrons. The summed E-state index contributed by atoms with van der Waals surface area (Å²) in [7, 11) is 0. The van der Waals surface area contributed by atoms with Gasteiger partial charge < -0.3 is 37.0 Å². The normalized spacial score (nSPS) is 18.2. The van der Waals surface area contributed by atoms with Gasteiger partial charge in [0.1, 0.15) is 17.7 Å². The number of nitrogens with one attached hydrogen (secondary N) is 4. The van der Waals surface area contributed by atoms with Gasteiger partial charge in [0.25, 0.3) is 11.8 Å². The first-order valence-electron chi connectivity index (χ1n) is 19.6. The Morgan fingerprint density at radius 1 is 0.982 bits per heavy atom. The molecule has 1 saturated heterocycles. The summed E-state index contributed by atoms with van der Waals surface area (Å²) in [6.07, 6.45) is 12.7. The second kappa shape index (κ2) is 19.4. The first-order valence-corrected chi connectivity index (χ1v) is 19.6. The SMILES string of the molecule is C#CCNC(=O)NCCCCC(NC(=O)[C@@H]1C[C@H](n2nncc2C(C)(C)O)CN1C(=O)[C@@H](CC1CCCCC1)NC(=O)c1ccc2ccccc2c1)C(=O)C(N)=O. The number of hydrogen-bond donors (Lipinski definition) is 6. The van der Waals surface area contributed by atoms with Crippen molar-refractivity contribution >= 4 is 46.2 Å². The molecule has 6 amide bonds. The van der Waals surface area contributed by atoms with Crippen LogP contribution in [0.4, 0.5) is 4.79 Å². The van der Waals surface area contributed by atoms with E-state index in [1.165, 1.54) is 15.8 Å². The van der Waals surface area contributed by atoms with E-state index >= 15 is 0 Å². The Hall–Kier alpha value is -5.82. The van der Waals surface area contributed by atoms with Crippen molar-refractivity contribution in [2.75, 3.05) is 19.6 Å². The maximum absolute atomic E-state index is 14.8. The Morgan fingerprint density at radius 2 is 1.72 bits per heavy atom. The van der Waals surface area contributed by atoms with Gasteiger partial charge in [0, 0.05) is 25.1 Å². The van der Waals surface area contributed by atoms with Gasteiger partial charge in [0.15, 0.2) is 0 Å². The summed E-state index contributed by atoms with van der Waals surface area (Å²) in [5.74, 6) is -1.37. The van der Waals surface area contributed by atoms with Crippen LogP contribution >= 0.6 is 0 Å². The van der Waals surface area contributed by atoms with Gasteiger partial charge in [0.05, 0.1) is 30.5 Å². The number of hydrogen-bond acceptors (Lipinski definition) is 9. The highest BCUT2D eigenvalue weighted by Crippen LogP contribution is 2.33. The fourth-order valence-electron chi connectivity index (χ4n) is 7.76. The summed E-state index contributed by atoms with van der Waals surface area (Å²) in [5.41, 5.74) is 4.79. The van der Waals surface area contributed by atoms with Gasteiger partial charge in [0.2, 0.25) is 17.6 Å². The molecule has 2 fully saturated rings. The number of benzene rings is 2. The first-order chi connectivity index (χ1) is 27.3. The predicted molar refractivity (Wildman–Crippen MR) is 211 cm³/mol. The summed E-state index contributed by atoms with van der Waals surface area (Å²) >= 11 is 0. The van der Waals surface area contributed by atoms with Crippen LogP contribution < -0.4 is 27.0 Å². The number of urea groups is 1. The second-order valence-corrected chi connectivity index (χ2v) is 15.4. The third-order valence-corrected chi connectivity index (χ3v) is 10.8. The molecule has 2 aliphatic rings. The average molecular weight is 784 g/mol. The number of nitrogens with zero attached hydrogens (tertiary/aromatic N) is 4. The summed E-state index contributed by atoms with van der Waals surface area (Å²) in [5, 5.41) is 31.8. The van der Waals surface area contributed by atoms with E-state index in [2.05, 4.69) is 37.5 Å². The number of carbonyl (C=O) groups is 6. The topological polar surface area (TPSA) is 231 Å². The largest absolute Gasteiger partial charge is 0.384 e. The maximum Gasteiger partial charge on any atom is 0.315 e. The minimum atomic E-state index is -1.36. The number of carbonyl (C=O) groups excluding carboxylic acids is 6. The second-order valence-electron chi connectivity index (χ2n) is 15.4. The van der Waals surface area contributed by atoms with E-state index in [4.69, 9.17) is 12.2 Å². The van der Waals surface area contributed by atoms with Crippen LogP contribution in [0, 0.1) is 18.3 Å². The van der Waals surface area contributed by atoms with Crippen LogP contribution in [-0.2, 0) is 24.8 Å². The van der Waals surface area contributed by atoms with Crippen molar-refractivity contribution in [3.63, 3.8) is 0 Å². The Bertz CT molecular complexity index is 1980. The lowest BCUT2D eigenvalue weighted by Gasteiger charge is -2.32.